The molecule has 0 spiro atoms. The summed E-state index contributed by atoms with van der Waals surface area (Å²) in [5.41, 5.74) is 3.48. The maximum atomic E-state index is 12.4. The Morgan fingerprint density at radius 3 is 1.21 bits per heavy atom. The van der Waals surface area contributed by atoms with Gasteiger partial charge >= 0.3 is 0 Å². The van der Waals surface area contributed by atoms with Crippen molar-refractivity contribution in [1.82, 2.24) is 0 Å². The fourth-order valence-electron chi connectivity index (χ4n) is 4.62. The minimum Gasteiger partial charge on any atom is -0.300 e. The first kappa shape index (κ1) is 27.7. The number of carbonyl (C=O) groups is 3. The fourth-order valence-corrected chi connectivity index (χ4v) is 4.62. The molecule has 0 heterocycles. The maximum Gasteiger partial charge on any atom is 0.140 e. The van der Waals surface area contributed by atoms with E-state index in [-0.39, 0.29) is 17.3 Å². The molecule has 2 rings (SSSR count). The Bertz CT molecular complexity index is 891. The Kier molecular flexibility index (Phi) is 9.97. The van der Waals surface area contributed by atoms with Crippen molar-refractivity contribution < 1.29 is 14.4 Å². The van der Waals surface area contributed by atoms with Crippen LogP contribution in [0.1, 0.15) is 101 Å². The lowest BCUT2D eigenvalue weighted by atomic mass is 9.74. The van der Waals surface area contributed by atoms with Gasteiger partial charge in [0.15, 0.2) is 0 Å². The molecule has 0 aliphatic heterocycles. The van der Waals surface area contributed by atoms with E-state index in [1.165, 1.54) is 11.1 Å². The van der Waals surface area contributed by atoms with E-state index in [4.69, 9.17) is 0 Å². The van der Waals surface area contributed by atoms with Gasteiger partial charge in [-0.3, -0.25) is 14.4 Å². The number of unbranched alkanes of at least 4 members (excludes halogenated alkanes) is 2. The second-order valence-electron chi connectivity index (χ2n) is 10.5. The van der Waals surface area contributed by atoms with Crippen LogP contribution < -0.4 is 0 Å². The summed E-state index contributed by atoms with van der Waals surface area (Å²) in [6, 6.07) is 16.4. The standard InChI is InChI=1S/C31H42O3/c1-23-13-17-27(18-14-23)30(5,25(3)32)21-9-7-11-29(34)12-8-10-22-31(6,26(4)33)28-19-15-24(2)16-20-28/h13-20H,7-12,21-22H2,1-6H3. The molecule has 0 saturated carbocycles. The zero-order chi connectivity index (χ0) is 25.4. The normalized spacial score (nSPS) is 14.8. The molecule has 3 nitrogen and oxygen atoms in total. The van der Waals surface area contributed by atoms with Gasteiger partial charge < -0.3 is 0 Å². The second-order valence-corrected chi connectivity index (χ2v) is 10.5. The topological polar surface area (TPSA) is 51.2 Å². The molecule has 0 aromatic heterocycles. The van der Waals surface area contributed by atoms with E-state index in [2.05, 4.69) is 24.3 Å². The van der Waals surface area contributed by atoms with Crippen molar-refractivity contribution in [2.24, 2.45) is 0 Å². The fraction of sp³-hybridized carbons (Fsp3) is 0.516. The molecular formula is C31H42O3. The van der Waals surface area contributed by atoms with Crippen LogP contribution in [0.15, 0.2) is 48.5 Å². The summed E-state index contributed by atoms with van der Waals surface area (Å²) in [6.45, 7) is 11.4. The number of carbonyl (C=O) groups excluding carboxylic acids is 3. The van der Waals surface area contributed by atoms with Gasteiger partial charge in [0.2, 0.25) is 0 Å². The van der Waals surface area contributed by atoms with Gasteiger partial charge in [-0.1, -0.05) is 72.5 Å². The molecule has 2 atom stereocenters. The van der Waals surface area contributed by atoms with Crippen molar-refractivity contribution in [3.63, 3.8) is 0 Å². The van der Waals surface area contributed by atoms with Crippen LogP contribution in [0.2, 0.25) is 0 Å². The molecule has 0 aliphatic carbocycles. The van der Waals surface area contributed by atoms with E-state index < -0.39 is 10.8 Å². The minimum absolute atomic E-state index is 0.171. The highest BCUT2D eigenvalue weighted by Crippen LogP contribution is 2.32. The predicted molar refractivity (Wildman–Crippen MR) is 140 cm³/mol. The molecule has 2 aromatic rings. The first-order valence-electron chi connectivity index (χ1n) is 12.7. The van der Waals surface area contributed by atoms with E-state index in [1.807, 2.05) is 52.0 Å². The summed E-state index contributed by atoms with van der Waals surface area (Å²) in [4.78, 5) is 37.3. The van der Waals surface area contributed by atoms with Crippen LogP contribution in [-0.4, -0.2) is 17.3 Å². The van der Waals surface area contributed by atoms with Gasteiger partial charge in [-0.05, 0) is 78.4 Å². The average molecular weight is 463 g/mol. The average Bonchev–Trinajstić information content (AvgIpc) is 2.79. The van der Waals surface area contributed by atoms with E-state index >= 15 is 0 Å². The van der Waals surface area contributed by atoms with E-state index in [9.17, 15) is 14.4 Å². The molecule has 3 heteroatoms. The van der Waals surface area contributed by atoms with Crippen LogP contribution in [0.4, 0.5) is 0 Å². The van der Waals surface area contributed by atoms with Gasteiger partial charge in [0.1, 0.15) is 17.3 Å². The number of Topliss-reactive ketones (excluding diaryl/α,β-unsaturated/α-hetero) is 3. The van der Waals surface area contributed by atoms with Crippen LogP contribution in [0.25, 0.3) is 0 Å². The van der Waals surface area contributed by atoms with Crippen molar-refractivity contribution in [3.05, 3.63) is 70.8 Å². The third-order valence-corrected chi connectivity index (χ3v) is 7.70. The number of benzene rings is 2. The maximum absolute atomic E-state index is 12.4. The van der Waals surface area contributed by atoms with E-state index in [0.29, 0.717) is 12.8 Å². The van der Waals surface area contributed by atoms with Crippen LogP contribution in [0.5, 0.6) is 0 Å². The van der Waals surface area contributed by atoms with E-state index in [0.717, 1.165) is 49.7 Å². The monoisotopic (exact) mass is 462 g/mol. The lowest BCUT2D eigenvalue weighted by Gasteiger charge is -2.28. The molecule has 0 saturated heterocycles. The Morgan fingerprint density at radius 1 is 0.588 bits per heavy atom. The lowest BCUT2D eigenvalue weighted by molar-refractivity contribution is -0.123. The number of aryl methyl sites for hydroxylation is 2. The highest BCUT2D eigenvalue weighted by molar-refractivity contribution is 5.88. The van der Waals surface area contributed by atoms with Gasteiger partial charge in [-0.2, -0.15) is 0 Å². The highest BCUT2D eigenvalue weighted by Gasteiger charge is 2.32. The Morgan fingerprint density at radius 2 is 0.912 bits per heavy atom. The van der Waals surface area contributed by atoms with Crippen molar-refractivity contribution in [3.8, 4) is 0 Å². The van der Waals surface area contributed by atoms with Crippen LogP contribution in [-0.2, 0) is 25.2 Å². The quantitative estimate of drug-likeness (QED) is 0.275. The van der Waals surface area contributed by atoms with E-state index in [1.54, 1.807) is 13.8 Å². The number of ketones is 3. The Labute approximate surface area is 206 Å². The van der Waals surface area contributed by atoms with Crippen molar-refractivity contribution in [1.29, 1.82) is 0 Å². The number of hydrogen-bond acceptors (Lipinski definition) is 3. The third-order valence-electron chi connectivity index (χ3n) is 7.70. The second kappa shape index (κ2) is 12.2. The third kappa shape index (κ3) is 7.22. The summed E-state index contributed by atoms with van der Waals surface area (Å²) >= 11 is 0. The molecule has 0 amide bonds. The van der Waals surface area contributed by atoms with Gasteiger partial charge in [0.05, 0.1) is 10.8 Å². The summed E-state index contributed by atoms with van der Waals surface area (Å²) in [5.74, 6) is 0.620. The smallest absolute Gasteiger partial charge is 0.140 e. The molecule has 2 unspecified atom stereocenters. The molecule has 0 radical (unpaired) electrons. The number of rotatable bonds is 14. The summed E-state index contributed by atoms with van der Waals surface area (Å²) < 4.78 is 0. The van der Waals surface area contributed by atoms with Crippen LogP contribution in [0, 0.1) is 13.8 Å². The molecule has 0 bridgehead atoms. The van der Waals surface area contributed by atoms with Crippen LogP contribution in [0.3, 0.4) is 0 Å². The van der Waals surface area contributed by atoms with Crippen molar-refractivity contribution >= 4 is 17.3 Å². The van der Waals surface area contributed by atoms with Crippen molar-refractivity contribution in [2.75, 3.05) is 0 Å². The molecular weight excluding hydrogens is 420 g/mol. The predicted octanol–water partition coefficient (Wildman–Crippen LogP) is 7.39. The summed E-state index contributed by atoms with van der Waals surface area (Å²) in [6.07, 6.45) is 5.95. The first-order valence-corrected chi connectivity index (χ1v) is 12.7. The van der Waals surface area contributed by atoms with Crippen LogP contribution >= 0.6 is 0 Å². The highest BCUT2D eigenvalue weighted by atomic mass is 16.1. The zero-order valence-corrected chi connectivity index (χ0v) is 22.0. The molecule has 2 aromatic carbocycles. The molecule has 0 fully saturated rings. The van der Waals surface area contributed by atoms with Gasteiger partial charge in [0.25, 0.3) is 0 Å². The SMILES string of the molecule is CC(=O)C(C)(CCCCC(=O)CCCCC(C)(C(C)=O)c1ccc(C)cc1)c1ccc(C)cc1. The Hall–Kier alpha value is -2.55. The Balaban J connectivity index is 1.77. The summed E-state index contributed by atoms with van der Waals surface area (Å²) in [7, 11) is 0. The molecule has 184 valence electrons. The molecule has 0 aliphatic rings. The summed E-state index contributed by atoms with van der Waals surface area (Å²) in [5, 5.41) is 0. The molecule has 34 heavy (non-hydrogen) atoms. The van der Waals surface area contributed by atoms with Gasteiger partial charge in [0, 0.05) is 12.8 Å². The lowest BCUT2D eigenvalue weighted by Crippen LogP contribution is -2.30. The zero-order valence-electron chi connectivity index (χ0n) is 22.0. The largest absolute Gasteiger partial charge is 0.300 e. The first-order chi connectivity index (χ1) is 16.0. The van der Waals surface area contributed by atoms with Gasteiger partial charge in [-0.25, -0.2) is 0 Å². The minimum atomic E-state index is -0.496. The van der Waals surface area contributed by atoms with Gasteiger partial charge in [-0.15, -0.1) is 0 Å². The van der Waals surface area contributed by atoms with Crippen molar-refractivity contribution in [2.45, 2.75) is 104 Å². The molecule has 0 N–H and O–H groups in total. The number of hydrogen-bond donors (Lipinski definition) is 0.